The molecular weight excluding hydrogens is 280 g/mol. The van der Waals surface area contributed by atoms with Crippen LogP contribution in [0.4, 0.5) is 0 Å². The first-order valence-corrected chi connectivity index (χ1v) is 8.82. The maximum atomic E-state index is 5.84. The number of hydrogen-bond acceptors (Lipinski definition) is 4. The van der Waals surface area contributed by atoms with Gasteiger partial charge < -0.3 is 18.9 Å². The van der Waals surface area contributed by atoms with E-state index in [1.807, 2.05) is 0 Å². The molecule has 1 atom stereocenters. The van der Waals surface area contributed by atoms with Crippen molar-refractivity contribution in [3.63, 3.8) is 0 Å². The quantitative estimate of drug-likeness (QED) is 0.745. The van der Waals surface area contributed by atoms with Crippen LogP contribution in [0, 0.1) is 17.8 Å². The van der Waals surface area contributed by atoms with E-state index in [1.165, 1.54) is 32.1 Å². The average Bonchev–Trinajstić information content (AvgIpc) is 2.56. The van der Waals surface area contributed by atoms with Crippen LogP contribution >= 0.6 is 0 Å². The molecule has 0 aromatic heterocycles. The highest BCUT2D eigenvalue weighted by Crippen LogP contribution is 2.29. The van der Waals surface area contributed by atoms with Crippen molar-refractivity contribution in [1.29, 1.82) is 0 Å². The summed E-state index contributed by atoms with van der Waals surface area (Å²) < 4.78 is 23.0. The highest BCUT2D eigenvalue weighted by molar-refractivity contribution is 5.02. The Morgan fingerprint density at radius 2 is 1.50 bits per heavy atom. The molecule has 2 aliphatic heterocycles. The van der Waals surface area contributed by atoms with Crippen LogP contribution < -0.4 is 0 Å². The molecule has 0 amide bonds. The predicted molar refractivity (Wildman–Crippen MR) is 84.4 cm³/mol. The van der Waals surface area contributed by atoms with E-state index < -0.39 is 0 Å². The average molecular weight is 310 g/mol. The summed E-state index contributed by atoms with van der Waals surface area (Å²) in [6.45, 7) is 7.36. The molecule has 1 aliphatic carbocycles. The molecule has 2 heterocycles. The Hall–Kier alpha value is -0.420. The van der Waals surface area contributed by atoms with Gasteiger partial charge in [0.25, 0.3) is 0 Å². The van der Waals surface area contributed by atoms with Crippen molar-refractivity contribution < 1.29 is 18.9 Å². The van der Waals surface area contributed by atoms with Gasteiger partial charge in [-0.05, 0) is 44.9 Å². The lowest BCUT2D eigenvalue weighted by molar-refractivity contribution is -0.330. The Labute approximate surface area is 134 Å². The maximum Gasteiger partial charge on any atom is 0.209 e. The lowest BCUT2D eigenvalue weighted by atomic mass is 9.85. The molecule has 0 aromatic rings. The van der Waals surface area contributed by atoms with Gasteiger partial charge in [-0.2, -0.15) is 0 Å². The fraction of sp³-hybridized carbons (Fsp3) is 0.889. The van der Waals surface area contributed by atoms with Crippen LogP contribution in [0.1, 0.15) is 46.0 Å². The molecule has 4 heteroatoms. The minimum Gasteiger partial charge on any atom is -0.348 e. The second-order valence-corrected chi connectivity index (χ2v) is 7.31. The van der Waals surface area contributed by atoms with Crippen LogP contribution in [-0.4, -0.2) is 39.0 Å². The summed E-state index contributed by atoms with van der Waals surface area (Å²) in [5.41, 5.74) is 1.56. The molecule has 3 rings (SSSR count). The van der Waals surface area contributed by atoms with Crippen molar-refractivity contribution in [3.8, 4) is 0 Å². The van der Waals surface area contributed by atoms with Gasteiger partial charge in [0.15, 0.2) is 0 Å². The van der Waals surface area contributed by atoms with Crippen molar-refractivity contribution >= 4 is 0 Å². The first kappa shape index (κ1) is 16.4. The van der Waals surface area contributed by atoms with Gasteiger partial charge in [0.2, 0.25) is 12.6 Å². The summed E-state index contributed by atoms with van der Waals surface area (Å²) >= 11 is 0. The Balaban J connectivity index is 1.33. The zero-order valence-electron chi connectivity index (χ0n) is 14.0. The summed E-state index contributed by atoms with van der Waals surface area (Å²) in [7, 11) is 0. The van der Waals surface area contributed by atoms with Gasteiger partial charge in [-0.3, -0.25) is 0 Å². The normalized spacial score (nSPS) is 40.3. The number of allylic oxidation sites excluding steroid dienone is 2. The van der Waals surface area contributed by atoms with Crippen molar-refractivity contribution in [2.75, 3.05) is 26.4 Å². The Bertz CT molecular complexity index is 365. The van der Waals surface area contributed by atoms with Crippen molar-refractivity contribution in [2.45, 2.75) is 58.5 Å². The van der Waals surface area contributed by atoms with E-state index in [4.69, 9.17) is 18.9 Å². The van der Waals surface area contributed by atoms with Gasteiger partial charge in [0.1, 0.15) is 0 Å². The highest BCUT2D eigenvalue weighted by Gasteiger charge is 2.33. The van der Waals surface area contributed by atoms with Crippen LogP contribution in [0.3, 0.4) is 0 Å². The maximum absolute atomic E-state index is 5.84. The largest absolute Gasteiger partial charge is 0.348 e. The summed E-state index contributed by atoms with van der Waals surface area (Å²) in [5, 5.41) is 0. The van der Waals surface area contributed by atoms with Crippen molar-refractivity contribution in [1.82, 2.24) is 0 Å². The number of rotatable bonds is 4. The molecule has 0 saturated carbocycles. The number of ether oxygens (including phenoxy) is 4. The van der Waals surface area contributed by atoms with Gasteiger partial charge in [0, 0.05) is 11.8 Å². The van der Waals surface area contributed by atoms with E-state index >= 15 is 0 Å². The van der Waals surface area contributed by atoms with E-state index in [0.29, 0.717) is 11.8 Å². The third kappa shape index (κ3) is 4.54. The van der Waals surface area contributed by atoms with E-state index in [0.717, 1.165) is 32.3 Å². The topological polar surface area (TPSA) is 36.9 Å². The van der Waals surface area contributed by atoms with E-state index in [-0.39, 0.29) is 12.6 Å². The van der Waals surface area contributed by atoms with Gasteiger partial charge >= 0.3 is 0 Å². The standard InChI is InChI=1S/C18H30O4/c1-13-3-5-15(6-4-13)7-8-16-11-21-18(22-12-16)17-19-9-14(2)10-20-17/h3,14-18H,4-12H2,1-2H3. The van der Waals surface area contributed by atoms with Gasteiger partial charge in [0.05, 0.1) is 26.4 Å². The molecule has 0 radical (unpaired) electrons. The SMILES string of the molecule is CC1=CCC(CCC2COC(C3OCC(C)CO3)OC2)CC1. The third-order valence-corrected chi connectivity index (χ3v) is 5.03. The summed E-state index contributed by atoms with van der Waals surface area (Å²) in [6, 6.07) is 0. The summed E-state index contributed by atoms with van der Waals surface area (Å²) in [6.07, 6.45) is 8.10. The highest BCUT2D eigenvalue weighted by atomic mass is 16.8. The minimum atomic E-state index is -0.344. The third-order valence-electron chi connectivity index (χ3n) is 5.03. The van der Waals surface area contributed by atoms with Crippen molar-refractivity contribution in [3.05, 3.63) is 11.6 Å². The molecule has 2 saturated heterocycles. The van der Waals surface area contributed by atoms with Crippen LogP contribution in [0.15, 0.2) is 11.6 Å². The summed E-state index contributed by atoms with van der Waals surface area (Å²) in [5.74, 6) is 1.83. The zero-order chi connectivity index (χ0) is 15.4. The minimum absolute atomic E-state index is 0.344. The molecule has 0 bridgehead atoms. The van der Waals surface area contributed by atoms with Crippen LogP contribution in [0.2, 0.25) is 0 Å². The number of hydrogen-bond donors (Lipinski definition) is 0. The molecule has 2 fully saturated rings. The second-order valence-electron chi connectivity index (χ2n) is 7.31. The molecule has 126 valence electrons. The molecule has 4 nitrogen and oxygen atoms in total. The van der Waals surface area contributed by atoms with Gasteiger partial charge in [-0.25, -0.2) is 0 Å². The monoisotopic (exact) mass is 310 g/mol. The Morgan fingerprint density at radius 1 is 0.909 bits per heavy atom. The second kappa shape index (κ2) is 7.91. The van der Waals surface area contributed by atoms with E-state index in [1.54, 1.807) is 5.57 Å². The van der Waals surface area contributed by atoms with Crippen LogP contribution in [0.5, 0.6) is 0 Å². The van der Waals surface area contributed by atoms with Gasteiger partial charge in [-0.1, -0.05) is 18.6 Å². The zero-order valence-corrected chi connectivity index (χ0v) is 14.0. The lowest BCUT2D eigenvalue weighted by Gasteiger charge is -2.37. The predicted octanol–water partition coefficient (Wildman–Crippen LogP) is 3.51. The Kier molecular flexibility index (Phi) is 5.91. The molecule has 0 spiro atoms. The van der Waals surface area contributed by atoms with E-state index in [2.05, 4.69) is 19.9 Å². The molecule has 3 aliphatic rings. The summed E-state index contributed by atoms with van der Waals surface area (Å²) in [4.78, 5) is 0. The lowest BCUT2D eigenvalue weighted by Crippen LogP contribution is -2.46. The molecule has 0 N–H and O–H groups in total. The Morgan fingerprint density at radius 3 is 2.09 bits per heavy atom. The fourth-order valence-corrected chi connectivity index (χ4v) is 3.41. The van der Waals surface area contributed by atoms with Crippen molar-refractivity contribution in [2.24, 2.45) is 17.8 Å². The van der Waals surface area contributed by atoms with Gasteiger partial charge in [-0.15, -0.1) is 0 Å². The van der Waals surface area contributed by atoms with Crippen LogP contribution in [0.25, 0.3) is 0 Å². The first-order valence-electron chi connectivity index (χ1n) is 8.82. The first-order chi connectivity index (χ1) is 10.7. The fourth-order valence-electron chi connectivity index (χ4n) is 3.41. The molecule has 22 heavy (non-hydrogen) atoms. The molecule has 1 unspecified atom stereocenters. The smallest absolute Gasteiger partial charge is 0.209 e. The van der Waals surface area contributed by atoms with Crippen LogP contribution in [-0.2, 0) is 18.9 Å². The molecule has 0 aromatic carbocycles. The molecular formula is C18H30O4. The van der Waals surface area contributed by atoms with E-state index in [9.17, 15) is 0 Å².